The molecule has 0 fully saturated rings. The third kappa shape index (κ3) is 2.67. The molecule has 0 bridgehead atoms. The number of carbonyl (C=O) groups is 1. The van der Waals surface area contributed by atoms with Gasteiger partial charge in [0.2, 0.25) is 0 Å². The molecule has 0 saturated heterocycles. The molecule has 112 valence electrons. The fourth-order valence-electron chi connectivity index (χ4n) is 2.21. The standard InChI is InChI=1S/C17H14ClNO2S/c1-10-5-3-4-6-13(10)19-17(20)16-15(18)12-9-11(21-2)7-8-14(12)22-16/h3-9H,1-2H3,(H,19,20). The van der Waals surface area contributed by atoms with E-state index in [0.29, 0.717) is 9.90 Å². The van der Waals surface area contributed by atoms with Gasteiger partial charge in [0.1, 0.15) is 10.6 Å². The summed E-state index contributed by atoms with van der Waals surface area (Å²) in [6.07, 6.45) is 0. The highest BCUT2D eigenvalue weighted by Crippen LogP contribution is 2.37. The average Bonchev–Trinajstić information content (AvgIpc) is 2.86. The highest BCUT2D eigenvalue weighted by atomic mass is 35.5. The number of rotatable bonds is 3. The number of methoxy groups -OCH3 is 1. The molecule has 0 aliphatic heterocycles. The van der Waals surface area contributed by atoms with E-state index in [4.69, 9.17) is 16.3 Å². The second-order valence-electron chi connectivity index (χ2n) is 4.88. The Morgan fingerprint density at radius 2 is 2.00 bits per heavy atom. The molecule has 0 radical (unpaired) electrons. The Morgan fingerprint density at radius 1 is 1.23 bits per heavy atom. The first kappa shape index (κ1) is 14.9. The molecule has 5 heteroatoms. The van der Waals surface area contributed by atoms with Crippen molar-refractivity contribution in [2.24, 2.45) is 0 Å². The van der Waals surface area contributed by atoms with Crippen LogP contribution in [0.2, 0.25) is 5.02 Å². The number of ether oxygens (including phenoxy) is 1. The lowest BCUT2D eigenvalue weighted by Gasteiger charge is -2.06. The third-order valence-corrected chi connectivity index (χ3v) is 5.11. The number of benzene rings is 2. The lowest BCUT2D eigenvalue weighted by atomic mass is 10.2. The minimum absolute atomic E-state index is 0.195. The van der Waals surface area contributed by atoms with Crippen LogP contribution in [0.3, 0.4) is 0 Å². The van der Waals surface area contributed by atoms with Crippen LogP contribution in [0.5, 0.6) is 5.75 Å². The maximum atomic E-state index is 12.5. The number of carbonyl (C=O) groups excluding carboxylic acids is 1. The van der Waals surface area contributed by atoms with Crippen LogP contribution >= 0.6 is 22.9 Å². The number of nitrogens with one attached hydrogen (secondary N) is 1. The van der Waals surface area contributed by atoms with Crippen molar-refractivity contribution in [2.75, 3.05) is 12.4 Å². The Bertz CT molecular complexity index is 857. The largest absolute Gasteiger partial charge is 0.497 e. The predicted molar refractivity (Wildman–Crippen MR) is 92.5 cm³/mol. The Labute approximate surface area is 137 Å². The SMILES string of the molecule is COc1ccc2sc(C(=O)Nc3ccccc3C)c(Cl)c2c1. The van der Waals surface area contributed by atoms with Crippen molar-refractivity contribution in [1.82, 2.24) is 0 Å². The summed E-state index contributed by atoms with van der Waals surface area (Å²) in [5.41, 5.74) is 1.80. The number of hydrogen-bond acceptors (Lipinski definition) is 3. The molecule has 0 aliphatic carbocycles. The lowest BCUT2D eigenvalue weighted by Crippen LogP contribution is -2.11. The second-order valence-corrected chi connectivity index (χ2v) is 6.31. The summed E-state index contributed by atoms with van der Waals surface area (Å²) in [5.74, 6) is 0.525. The molecule has 3 rings (SSSR count). The van der Waals surface area contributed by atoms with E-state index in [9.17, 15) is 4.79 Å². The Balaban J connectivity index is 1.97. The topological polar surface area (TPSA) is 38.3 Å². The summed E-state index contributed by atoms with van der Waals surface area (Å²) < 4.78 is 6.16. The predicted octanol–water partition coefficient (Wildman–Crippen LogP) is 5.12. The summed E-state index contributed by atoms with van der Waals surface area (Å²) in [7, 11) is 1.60. The summed E-state index contributed by atoms with van der Waals surface area (Å²) in [6, 6.07) is 13.3. The Kier molecular flexibility index (Phi) is 4.05. The van der Waals surface area contributed by atoms with Gasteiger partial charge in [0.25, 0.3) is 5.91 Å². The zero-order chi connectivity index (χ0) is 15.7. The lowest BCUT2D eigenvalue weighted by molar-refractivity contribution is 0.103. The van der Waals surface area contributed by atoms with Crippen LogP contribution in [0, 0.1) is 6.92 Å². The summed E-state index contributed by atoms with van der Waals surface area (Å²) >= 11 is 7.76. The van der Waals surface area contributed by atoms with E-state index < -0.39 is 0 Å². The van der Waals surface area contributed by atoms with Gasteiger partial charge >= 0.3 is 0 Å². The number of thiophene rings is 1. The van der Waals surface area contributed by atoms with E-state index in [1.54, 1.807) is 7.11 Å². The Morgan fingerprint density at radius 3 is 2.73 bits per heavy atom. The van der Waals surface area contributed by atoms with Crippen LogP contribution in [0.25, 0.3) is 10.1 Å². The van der Waals surface area contributed by atoms with Crippen molar-refractivity contribution in [3.63, 3.8) is 0 Å². The molecule has 2 aromatic carbocycles. The highest BCUT2D eigenvalue weighted by Gasteiger charge is 2.18. The molecule has 1 N–H and O–H groups in total. The minimum Gasteiger partial charge on any atom is -0.497 e. The number of amides is 1. The van der Waals surface area contributed by atoms with Crippen molar-refractivity contribution in [3.8, 4) is 5.75 Å². The number of para-hydroxylation sites is 1. The van der Waals surface area contributed by atoms with Gasteiger partial charge in [-0.3, -0.25) is 4.79 Å². The summed E-state index contributed by atoms with van der Waals surface area (Å²) in [5, 5.41) is 4.21. The van der Waals surface area contributed by atoms with Gasteiger partial charge in [0.15, 0.2) is 0 Å². The number of hydrogen-bond donors (Lipinski definition) is 1. The van der Waals surface area contributed by atoms with Gasteiger partial charge in [0.05, 0.1) is 12.1 Å². The van der Waals surface area contributed by atoms with E-state index in [-0.39, 0.29) is 5.91 Å². The van der Waals surface area contributed by atoms with Gasteiger partial charge in [0, 0.05) is 15.8 Å². The molecule has 1 amide bonds. The van der Waals surface area contributed by atoms with E-state index in [1.165, 1.54) is 11.3 Å². The monoisotopic (exact) mass is 331 g/mol. The van der Waals surface area contributed by atoms with Crippen LogP contribution in [0.1, 0.15) is 15.2 Å². The van der Waals surface area contributed by atoms with E-state index in [2.05, 4.69) is 5.32 Å². The molecule has 22 heavy (non-hydrogen) atoms. The van der Waals surface area contributed by atoms with Crippen molar-refractivity contribution >= 4 is 44.6 Å². The van der Waals surface area contributed by atoms with Gasteiger partial charge in [-0.05, 0) is 36.8 Å². The second kappa shape index (κ2) is 5.99. The van der Waals surface area contributed by atoms with E-state index in [0.717, 1.165) is 27.1 Å². The fraction of sp³-hybridized carbons (Fsp3) is 0.118. The first-order chi connectivity index (χ1) is 10.6. The van der Waals surface area contributed by atoms with Crippen LogP contribution in [-0.2, 0) is 0 Å². The third-order valence-electron chi connectivity index (χ3n) is 3.43. The van der Waals surface area contributed by atoms with E-state index >= 15 is 0 Å². The smallest absolute Gasteiger partial charge is 0.267 e. The zero-order valence-electron chi connectivity index (χ0n) is 12.1. The van der Waals surface area contributed by atoms with Crippen LogP contribution in [0.4, 0.5) is 5.69 Å². The maximum Gasteiger partial charge on any atom is 0.267 e. The zero-order valence-corrected chi connectivity index (χ0v) is 13.7. The van der Waals surface area contributed by atoms with Gasteiger partial charge in [-0.15, -0.1) is 11.3 Å². The van der Waals surface area contributed by atoms with Crippen molar-refractivity contribution in [3.05, 3.63) is 57.9 Å². The molecule has 0 aliphatic rings. The van der Waals surface area contributed by atoms with Crippen LogP contribution in [0.15, 0.2) is 42.5 Å². The van der Waals surface area contributed by atoms with Crippen molar-refractivity contribution < 1.29 is 9.53 Å². The molecule has 1 heterocycles. The molecular formula is C17H14ClNO2S. The maximum absolute atomic E-state index is 12.5. The normalized spacial score (nSPS) is 10.7. The summed E-state index contributed by atoms with van der Waals surface area (Å²) in [6.45, 7) is 1.95. The Hall–Kier alpha value is -2.04. The average molecular weight is 332 g/mol. The van der Waals surface area contributed by atoms with Gasteiger partial charge in [-0.1, -0.05) is 29.8 Å². The quantitative estimate of drug-likeness (QED) is 0.723. The van der Waals surface area contributed by atoms with E-state index in [1.807, 2.05) is 49.4 Å². The number of aryl methyl sites for hydroxylation is 1. The molecule has 1 aromatic heterocycles. The van der Waals surface area contributed by atoms with Crippen molar-refractivity contribution in [1.29, 1.82) is 0 Å². The molecule has 0 saturated carbocycles. The molecule has 0 spiro atoms. The number of fused-ring (bicyclic) bond motifs is 1. The van der Waals surface area contributed by atoms with Crippen LogP contribution < -0.4 is 10.1 Å². The number of halogens is 1. The van der Waals surface area contributed by atoms with Gasteiger partial charge in [-0.25, -0.2) is 0 Å². The highest BCUT2D eigenvalue weighted by molar-refractivity contribution is 7.21. The van der Waals surface area contributed by atoms with Gasteiger partial charge < -0.3 is 10.1 Å². The minimum atomic E-state index is -0.195. The molecule has 3 nitrogen and oxygen atoms in total. The van der Waals surface area contributed by atoms with Crippen molar-refractivity contribution in [2.45, 2.75) is 6.92 Å². The first-order valence-electron chi connectivity index (χ1n) is 6.73. The first-order valence-corrected chi connectivity index (χ1v) is 7.92. The molecule has 0 atom stereocenters. The van der Waals surface area contributed by atoms with Gasteiger partial charge in [-0.2, -0.15) is 0 Å². The summed E-state index contributed by atoms with van der Waals surface area (Å²) in [4.78, 5) is 13.0. The van der Waals surface area contributed by atoms with Crippen LogP contribution in [-0.4, -0.2) is 13.0 Å². The molecule has 0 unspecified atom stereocenters. The fourth-order valence-corrected chi connectivity index (χ4v) is 3.60. The molecule has 3 aromatic rings. The number of anilines is 1. The molecular weight excluding hydrogens is 318 g/mol.